The average molecular weight is 316 g/mol. The Morgan fingerprint density at radius 3 is 2.61 bits per heavy atom. The molecule has 1 aromatic rings. The highest BCUT2D eigenvalue weighted by molar-refractivity contribution is 5.87. The molecule has 5 nitrogen and oxygen atoms in total. The molecule has 1 heterocycles. The maximum Gasteiger partial charge on any atom is 0.279 e. The van der Waals surface area contributed by atoms with Gasteiger partial charge in [0.15, 0.2) is 6.04 Å². The van der Waals surface area contributed by atoms with Gasteiger partial charge in [0.05, 0.1) is 6.54 Å². The summed E-state index contributed by atoms with van der Waals surface area (Å²) in [5.74, 6) is -0.111. The van der Waals surface area contributed by atoms with Crippen LogP contribution in [0, 0.1) is 0 Å². The van der Waals surface area contributed by atoms with Crippen molar-refractivity contribution in [2.45, 2.75) is 57.2 Å². The average Bonchev–Trinajstić information content (AvgIpc) is 2.60. The summed E-state index contributed by atoms with van der Waals surface area (Å²) in [5, 5.41) is 7.87. The molecule has 2 aliphatic rings. The van der Waals surface area contributed by atoms with Gasteiger partial charge in [-0.15, -0.1) is 0 Å². The van der Waals surface area contributed by atoms with Gasteiger partial charge in [-0.25, -0.2) is 0 Å². The van der Waals surface area contributed by atoms with Crippen molar-refractivity contribution in [3.63, 3.8) is 0 Å². The third kappa shape index (κ3) is 4.32. The molecule has 0 bridgehead atoms. The third-order valence-corrected chi connectivity index (χ3v) is 4.91. The Balaban J connectivity index is 1.43. The van der Waals surface area contributed by atoms with E-state index in [1.54, 1.807) is 0 Å². The second-order valence-corrected chi connectivity index (χ2v) is 6.64. The molecule has 0 saturated heterocycles. The van der Waals surface area contributed by atoms with Gasteiger partial charge in [0, 0.05) is 18.0 Å². The Labute approximate surface area is 137 Å². The molecule has 3 rings (SSSR count). The highest BCUT2D eigenvalue weighted by Gasteiger charge is 2.27. The summed E-state index contributed by atoms with van der Waals surface area (Å²) in [4.78, 5) is 24.2. The number of rotatable bonds is 4. The summed E-state index contributed by atoms with van der Waals surface area (Å²) in [5.41, 5.74) is 2.54. The lowest BCUT2D eigenvalue weighted by Gasteiger charge is -2.24. The molecule has 1 aromatic carbocycles. The molecule has 1 saturated carbocycles. The lowest BCUT2D eigenvalue weighted by molar-refractivity contribution is -0.695. The highest BCUT2D eigenvalue weighted by Crippen LogP contribution is 2.17. The molecular formula is C18H26N3O2+. The summed E-state index contributed by atoms with van der Waals surface area (Å²) in [6.45, 7) is 0.907. The summed E-state index contributed by atoms with van der Waals surface area (Å²) in [6.07, 6.45) is 6.50. The zero-order valence-corrected chi connectivity index (χ0v) is 13.5. The molecular weight excluding hydrogens is 290 g/mol. The first-order valence-electron chi connectivity index (χ1n) is 8.69. The number of nitrogens with one attached hydrogen (secondary N) is 2. The molecule has 0 unspecified atom stereocenters. The van der Waals surface area contributed by atoms with E-state index in [4.69, 9.17) is 0 Å². The van der Waals surface area contributed by atoms with E-state index in [9.17, 15) is 9.59 Å². The van der Waals surface area contributed by atoms with E-state index in [0.29, 0.717) is 6.04 Å². The molecule has 0 aromatic heterocycles. The lowest BCUT2D eigenvalue weighted by atomic mass is 9.95. The quantitative estimate of drug-likeness (QED) is 0.744. The first kappa shape index (κ1) is 16.0. The molecule has 0 spiro atoms. The van der Waals surface area contributed by atoms with Crippen LogP contribution in [0.2, 0.25) is 0 Å². The monoisotopic (exact) mass is 316 g/mol. The number of carbonyl (C=O) groups is 2. The van der Waals surface area contributed by atoms with E-state index in [-0.39, 0.29) is 24.4 Å². The normalized spacial score (nSPS) is 21.3. The SMILES string of the molecule is O=C(CNC(=O)[C@@H]1Cc2ccccc2C[NH2+]1)NC1CCCCC1. The van der Waals surface area contributed by atoms with Crippen molar-refractivity contribution in [1.82, 2.24) is 10.6 Å². The molecule has 1 atom stereocenters. The molecule has 124 valence electrons. The molecule has 2 amide bonds. The highest BCUT2D eigenvalue weighted by atomic mass is 16.2. The van der Waals surface area contributed by atoms with Gasteiger partial charge < -0.3 is 16.0 Å². The van der Waals surface area contributed by atoms with Gasteiger partial charge in [-0.2, -0.15) is 0 Å². The number of quaternary nitrogens is 1. The van der Waals surface area contributed by atoms with Gasteiger partial charge in [-0.05, 0) is 18.4 Å². The zero-order valence-electron chi connectivity index (χ0n) is 13.5. The van der Waals surface area contributed by atoms with Crippen LogP contribution in [0.1, 0.15) is 43.2 Å². The van der Waals surface area contributed by atoms with Crippen LogP contribution in [0.3, 0.4) is 0 Å². The van der Waals surface area contributed by atoms with Crippen LogP contribution in [0.4, 0.5) is 0 Å². The minimum atomic E-state index is -0.132. The Kier molecular flexibility index (Phi) is 5.28. The van der Waals surface area contributed by atoms with Crippen LogP contribution in [-0.4, -0.2) is 30.4 Å². The summed E-state index contributed by atoms with van der Waals surface area (Å²) >= 11 is 0. The van der Waals surface area contributed by atoms with Crippen molar-refractivity contribution in [3.8, 4) is 0 Å². The number of nitrogens with two attached hydrogens (primary N) is 1. The molecule has 23 heavy (non-hydrogen) atoms. The summed E-state index contributed by atoms with van der Waals surface area (Å²) in [7, 11) is 0. The van der Waals surface area contributed by atoms with Crippen LogP contribution in [0.15, 0.2) is 24.3 Å². The van der Waals surface area contributed by atoms with E-state index in [0.717, 1.165) is 25.8 Å². The standard InChI is InChI=1S/C18H25N3O2/c22-17(21-15-8-2-1-3-9-15)12-20-18(23)16-10-13-6-4-5-7-14(13)11-19-16/h4-7,15-16,19H,1-3,8-12H2,(H,20,23)(H,21,22)/p+1/t16-/m0/s1. The maximum atomic E-state index is 12.3. The van der Waals surface area contributed by atoms with Gasteiger partial charge in [0.25, 0.3) is 5.91 Å². The number of hydrogen-bond acceptors (Lipinski definition) is 2. The van der Waals surface area contributed by atoms with Crippen LogP contribution in [-0.2, 0) is 22.6 Å². The first-order valence-corrected chi connectivity index (χ1v) is 8.69. The van der Waals surface area contributed by atoms with Gasteiger partial charge in [-0.3, -0.25) is 9.59 Å². The molecule has 1 aliphatic carbocycles. The first-order chi connectivity index (χ1) is 11.2. The van der Waals surface area contributed by atoms with Gasteiger partial charge in [0.2, 0.25) is 5.91 Å². The molecule has 5 heteroatoms. The minimum Gasteiger partial charge on any atom is -0.352 e. The number of carbonyl (C=O) groups excluding carboxylic acids is 2. The predicted molar refractivity (Wildman–Crippen MR) is 87.6 cm³/mol. The zero-order chi connectivity index (χ0) is 16.1. The lowest BCUT2D eigenvalue weighted by Crippen LogP contribution is -2.93. The molecule has 1 fully saturated rings. The van der Waals surface area contributed by atoms with Gasteiger partial charge >= 0.3 is 0 Å². The molecule has 0 radical (unpaired) electrons. The Morgan fingerprint density at radius 1 is 1.09 bits per heavy atom. The smallest absolute Gasteiger partial charge is 0.279 e. The van der Waals surface area contributed by atoms with Crippen molar-refractivity contribution in [1.29, 1.82) is 0 Å². The van der Waals surface area contributed by atoms with Crippen molar-refractivity contribution in [2.24, 2.45) is 0 Å². The van der Waals surface area contributed by atoms with Crippen LogP contribution < -0.4 is 16.0 Å². The Bertz CT molecular complexity index is 567. The third-order valence-electron chi connectivity index (χ3n) is 4.91. The van der Waals surface area contributed by atoms with Crippen molar-refractivity contribution in [3.05, 3.63) is 35.4 Å². The number of hydrogen-bond donors (Lipinski definition) is 3. The molecule has 4 N–H and O–H groups in total. The van der Waals surface area contributed by atoms with E-state index in [1.807, 2.05) is 12.1 Å². The molecule has 1 aliphatic heterocycles. The second kappa shape index (κ2) is 7.59. The van der Waals surface area contributed by atoms with Crippen molar-refractivity contribution in [2.75, 3.05) is 6.54 Å². The maximum absolute atomic E-state index is 12.3. The Morgan fingerprint density at radius 2 is 1.83 bits per heavy atom. The minimum absolute atomic E-state index is 0.0432. The fourth-order valence-electron chi connectivity index (χ4n) is 3.57. The second-order valence-electron chi connectivity index (χ2n) is 6.64. The fraction of sp³-hybridized carbons (Fsp3) is 0.556. The predicted octanol–water partition coefficient (Wildman–Crippen LogP) is 0.240. The van der Waals surface area contributed by atoms with Crippen molar-refractivity contribution >= 4 is 11.8 Å². The van der Waals surface area contributed by atoms with E-state index in [1.165, 1.54) is 30.4 Å². The number of fused-ring (bicyclic) bond motifs is 1. The van der Waals surface area contributed by atoms with Crippen molar-refractivity contribution < 1.29 is 14.9 Å². The van der Waals surface area contributed by atoms with Gasteiger partial charge in [0.1, 0.15) is 6.54 Å². The topological polar surface area (TPSA) is 74.8 Å². The van der Waals surface area contributed by atoms with Crippen LogP contribution in [0.5, 0.6) is 0 Å². The summed E-state index contributed by atoms with van der Waals surface area (Å²) < 4.78 is 0. The van der Waals surface area contributed by atoms with Crippen LogP contribution in [0.25, 0.3) is 0 Å². The Hall–Kier alpha value is -1.88. The fourth-order valence-corrected chi connectivity index (χ4v) is 3.57. The van der Waals surface area contributed by atoms with E-state index < -0.39 is 0 Å². The summed E-state index contributed by atoms with van der Waals surface area (Å²) in [6, 6.07) is 8.39. The van der Waals surface area contributed by atoms with Gasteiger partial charge in [-0.1, -0.05) is 43.5 Å². The van der Waals surface area contributed by atoms with Crippen LogP contribution >= 0.6 is 0 Å². The van der Waals surface area contributed by atoms with E-state index >= 15 is 0 Å². The number of amides is 2. The largest absolute Gasteiger partial charge is 0.352 e. The number of benzene rings is 1. The van der Waals surface area contributed by atoms with E-state index in [2.05, 4.69) is 28.1 Å².